The quantitative estimate of drug-likeness (QED) is 0.751. The van der Waals surface area contributed by atoms with Gasteiger partial charge in [0.25, 0.3) is 5.91 Å². The van der Waals surface area contributed by atoms with E-state index in [-0.39, 0.29) is 23.9 Å². The molecular weight excluding hydrogens is 348 g/mol. The van der Waals surface area contributed by atoms with Crippen LogP contribution in [0.25, 0.3) is 0 Å². The van der Waals surface area contributed by atoms with Gasteiger partial charge in [0, 0.05) is 0 Å². The highest BCUT2D eigenvalue weighted by molar-refractivity contribution is 7.17. The number of esters is 2. The first-order valence-electron chi connectivity index (χ1n) is 7.66. The van der Waals surface area contributed by atoms with Crippen molar-refractivity contribution in [1.82, 2.24) is 4.98 Å². The van der Waals surface area contributed by atoms with E-state index in [0.717, 1.165) is 11.3 Å². The first-order valence-corrected chi connectivity index (χ1v) is 8.47. The molecule has 0 spiro atoms. The Bertz CT molecular complexity index is 753. The summed E-state index contributed by atoms with van der Waals surface area (Å²) in [6.45, 7) is 5.30. The maximum atomic E-state index is 12.3. The molecule has 0 aromatic carbocycles. The molecule has 1 atom stereocenters. The third kappa shape index (κ3) is 4.66. The van der Waals surface area contributed by atoms with Gasteiger partial charge in [-0.1, -0.05) is 18.3 Å². The van der Waals surface area contributed by atoms with Crippen molar-refractivity contribution >= 4 is 34.3 Å². The molecular formula is C16H18N2O6S. The number of rotatable bonds is 7. The number of ether oxygens (including phenoxy) is 2. The molecule has 0 saturated heterocycles. The Hall–Kier alpha value is -2.68. The SMILES string of the molecule is CCOC(=O)c1sc(NC(=O)C(CC)OC(=O)c2ccco2)nc1C. The molecule has 0 aliphatic heterocycles. The fourth-order valence-electron chi connectivity index (χ4n) is 1.93. The third-order valence-electron chi connectivity index (χ3n) is 3.12. The monoisotopic (exact) mass is 366 g/mol. The van der Waals surface area contributed by atoms with Gasteiger partial charge in [0.2, 0.25) is 5.76 Å². The fraction of sp³-hybridized carbons (Fsp3) is 0.375. The predicted molar refractivity (Wildman–Crippen MR) is 89.6 cm³/mol. The first-order chi connectivity index (χ1) is 12.0. The van der Waals surface area contributed by atoms with Gasteiger partial charge in [0.05, 0.1) is 18.6 Å². The lowest BCUT2D eigenvalue weighted by Gasteiger charge is -2.14. The zero-order valence-corrected chi connectivity index (χ0v) is 14.8. The van der Waals surface area contributed by atoms with Crippen molar-refractivity contribution in [2.24, 2.45) is 0 Å². The third-order valence-corrected chi connectivity index (χ3v) is 4.18. The number of carbonyl (C=O) groups is 3. The van der Waals surface area contributed by atoms with Crippen LogP contribution < -0.4 is 5.32 Å². The van der Waals surface area contributed by atoms with Crippen molar-refractivity contribution in [3.8, 4) is 0 Å². The average molecular weight is 366 g/mol. The number of nitrogens with one attached hydrogen (secondary N) is 1. The summed E-state index contributed by atoms with van der Waals surface area (Å²) >= 11 is 1.00. The minimum absolute atomic E-state index is 0.0148. The van der Waals surface area contributed by atoms with Gasteiger partial charge in [0.15, 0.2) is 11.2 Å². The van der Waals surface area contributed by atoms with Crippen molar-refractivity contribution in [2.75, 3.05) is 11.9 Å². The Morgan fingerprint density at radius 3 is 2.68 bits per heavy atom. The number of amides is 1. The fourth-order valence-corrected chi connectivity index (χ4v) is 2.79. The summed E-state index contributed by atoms with van der Waals surface area (Å²) in [6, 6.07) is 3.00. The van der Waals surface area contributed by atoms with E-state index in [0.29, 0.717) is 10.6 Å². The van der Waals surface area contributed by atoms with Crippen LogP contribution in [0.4, 0.5) is 5.13 Å². The van der Waals surface area contributed by atoms with Crippen LogP contribution >= 0.6 is 11.3 Å². The summed E-state index contributed by atoms with van der Waals surface area (Å²) in [7, 11) is 0. The van der Waals surface area contributed by atoms with Gasteiger partial charge in [-0.15, -0.1) is 0 Å². The molecule has 134 valence electrons. The largest absolute Gasteiger partial charge is 0.462 e. The zero-order valence-electron chi connectivity index (χ0n) is 14.0. The van der Waals surface area contributed by atoms with Crippen LogP contribution in [0, 0.1) is 6.92 Å². The van der Waals surface area contributed by atoms with Crippen LogP contribution in [0.5, 0.6) is 0 Å². The van der Waals surface area contributed by atoms with E-state index in [4.69, 9.17) is 13.9 Å². The second-order valence-corrected chi connectivity index (χ2v) is 5.92. The van der Waals surface area contributed by atoms with Crippen LogP contribution in [0.15, 0.2) is 22.8 Å². The van der Waals surface area contributed by atoms with Crippen LogP contribution in [0.2, 0.25) is 0 Å². The lowest BCUT2D eigenvalue weighted by Crippen LogP contribution is -2.32. The molecule has 0 aliphatic carbocycles. The van der Waals surface area contributed by atoms with Crippen molar-refractivity contribution in [3.63, 3.8) is 0 Å². The van der Waals surface area contributed by atoms with E-state index in [1.165, 1.54) is 12.3 Å². The number of anilines is 1. The molecule has 9 heteroatoms. The number of hydrogen-bond acceptors (Lipinski definition) is 8. The Kier molecular flexibility index (Phi) is 6.29. The summed E-state index contributed by atoms with van der Waals surface area (Å²) in [5.74, 6) is -1.74. The van der Waals surface area contributed by atoms with Crippen LogP contribution in [-0.2, 0) is 14.3 Å². The second kappa shape index (κ2) is 8.43. The summed E-state index contributed by atoms with van der Waals surface area (Å²) in [5.41, 5.74) is 0.458. The van der Waals surface area contributed by atoms with E-state index in [1.54, 1.807) is 26.8 Å². The number of nitrogens with zero attached hydrogens (tertiary/aromatic N) is 1. The molecule has 0 fully saturated rings. The highest BCUT2D eigenvalue weighted by Gasteiger charge is 2.25. The highest BCUT2D eigenvalue weighted by atomic mass is 32.1. The molecule has 2 aromatic rings. The molecule has 1 N–H and O–H groups in total. The Morgan fingerprint density at radius 1 is 1.32 bits per heavy atom. The first kappa shape index (κ1) is 18.7. The van der Waals surface area contributed by atoms with Gasteiger partial charge in [-0.05, 0) is 32.4 Å². The number of aryl methyl sites for hydroxylation is 1. The Morgan fingerprint density at radius 2 is 2.08 bits per heavy atom. The molecule has 25 heavy (non-hydrogen) atoms. The van der Waals surface area contributed by atoms with Gasteiger partial charge < -0.3 is 13.9 Å². The number of thiazole rings is 1. The standard InChI is InChI=1S/C16H18N2O6S/c1-4-10(24-14(20)11-7-6-8-23-11)13(19)18-16-17-9(3)12(25-16)15(21)22-5-2/h6-8,10H,4-5H2,1-3H3,(H,17,18,19). The topological polar surface area (TPSA) is 108 Å². The maximum absolute atomic E-state index is 12.3. The van der Waals surface area contributed by atoms with E-state index >= 15 is 0 Å². The molecule has 0 bridgehead atoms. The normalized spacial score (nSPS) is 11.6. The molecule has 1 unspecified atom stereocenters. The summed E-state index contributed by atoms with van der Waals surface area (Å²) in [5, 5.41) is 2.79. The van der Waals surface area contributed by atoms with Crippen LogP contribution in [0.3, 0.4) is 0 Å². The van der Waals surface area contributed by atoms with Crippen molar-refractivity contribution < 1.29 is 28.3 Å². The predicted octanol–water partition coefficient (Wildman–Crippen LogP) is 2.80. The number of furan rings is 1. The van der Waals surface area contributed by atoms with Crippen LogP contribution in [0.1, 0.15) is 46.2 Å². The molecule has 1 amide bonds. The summed E-state index contributed by atoms with van der Waals surface area (Å²) < 4.78 is 15.0. The zero-order chi connectivity index (χ0) is 18.4. The van der Waals surface area contributed by atoms with E-state index in [2.05, 4.69) is 10.3 Å². The average Bonchev–Trinajstić information content (AvgIpc) is 3.22. The van der Waals surface area contributed by atoms with Gasteiger partial charge in [-0.2, -0.15) is 0 Å². The molecule has 2 heterocycles. The smallest absolute Gasteiger partial charge is 0.374 e. The lowest BCUT2D eigenvalue weighted by molar-refractivity contribution is -0.124. The molecule has 2 rings (SSSR count). The van der Waals surface area contributed by atoms with Crippen molar-refractivity contribution in [1.29, 1.82) is 0 Å². The number of aromatic nitrogens is 1. The second-order valence-electron chi connectivity index (χ2n) is 4.92. The lowest BCUT2D eigenvalue weighted by atomic mass is 10.2. The Balaban J connectivity index is 2.03. The minimum Gasteiger partial charge on any atom is -0.462 e. The molecule has 0 aliphatic rings. The summed E-state index contributed by atoms with van der Waals surface area (Å²) in [4.78, 5) is 40.4. The van der Waals surface area contributed by atoms with E-state index in [9.17, 15) is 14.4 Å². The highest BCUT2D eigenvalue weighted by Crippen LogP contribution is 2.24. The van der Waals surface area contributed by atoms with Crippen molar-refractivity contribution in [3.05, 3.63) is 34.7 Å². The van der Waals surface area contributed by atoms with Gasteiger partial charge in [-0.25, -0.2) is 14.6 Å². The van der Waals surface area contributed by atoms with Gasteiger partial charge >= 0.3 is 11.9 Å². The molecule has 0 radical (unpaired) electrons. The van der Waals surface area contributed by atoms with E-state index < -0.39 is 23.9 Å². The molecule has 2 aromatic heterocycles. The molecule has 8 nitrogen and oxygen atoms in total. The van der Waals surface area contributed by atoms with Gasteiger partial charge in [0.1, 0.15) is 4.88 Å². The number of hydrogen-bond donors (Lipinski definition) is 1. The summed E-state index contributed by atoms with van der Waals surface area (Å²) in [6.07, 6.45) is 0.605. The minimum atomic E-state index is -1.01. The number of carbonyl (C=O) groups excluding carboxylic acids is 3. The van der Waals surface area contributed by atoms with Gasteiger partial charge in [-0.3, -0.25) is 10.1 Å². The van der Waals surface area contributed by atoms with E-state index in [1.807, 2.05) is 0 Å². The van der Waals surface area contributed by atoms with Crippen LogP contribution in [-0.4, -0.2) is 35.5 Å². The maximum Gasteiger partial charge on any atom is 0.374 e. The Labute approximate surface area is 148 Å². The van der Waals surface area contributed by atoms with Crippen molar-refractivity contribution in [2.45, 2.75) is 33.3 Å². The molecule has 0 saturated carbocycles.